The van der Waals surface area contributed by atoms with Gasteiger partial charge in [0, 0.05) is 12.6 Å². The van der Waals surface area contributed by atoms with Gasteiger partial charge < -0.3 is 14.2 Å². The molecule has 2 aromatic rings. The van der Waals surface area contributed by atoms with E-state index in [1.807, 2.05) is 12.1 Å². The zero-order valence-electron chi connectivity index (χ0n) is 13.5. The lowest BCUT2D eigenvalue weighted by atomic mass is 9.88. The minimum absolute atomic E-state index is 0.331. The van der Waals surface area contributed by atoms with Crippen molar-refractivity contribution in [2.75, 3.05) is 27.5 Å². The molecule has 4 heteroatoms. The van der Waals surface area contributed by atoms with E-state index in [-0.39, 0.29) is 0 Å². The molecule has 2 aliphatic rings. The van der Waals surface area contributed by atoms with Gasteiger partial charge in [0.15, 0.2) is 11.5 Å². The summed E-state index contributed by atoms with van der Waals surface area (Å²) in [6.45, 7) is 1.39. The zero-order chi connectivity index (χ0) is 15.8. The molecule has 0 bridgehead atoms. The van der Waals surface area contributed by atoms with Gasteiger partial charge in [-0.2, -0.15) is 0 Å². The van der Waals surface area contributed by atoms with Crippen molar-refractivity contribution in [1.29, 1.82) is 0 Å². The molecule has 2 aliphatic heterocycles. The molecule has 0 N–H and O–H groups in total. The molecule has 4 rings (SSSR count). The maximum Gasteiger partial charge on any atom is 0.231 e. The Balaban J connectivity index is 1.65. The van der Waals surface area contributed by atoms with Crippen LogP contribution < -0.4 is 14.2 Å². The normalized spacial score (nSPS) is 19.5. The molecule has 0 radical (unpaired) electrons. The number of hydrogen-bond donors (Lipinski definition) is 0. The third-order valence-corrected chi connectivity index (χ3v) is 4.85. The van der Waals surface area contributed by atoms with Crippen LogP contribution in [0.5, 0.6) is 17.2 Å². The largest absolute Gasteiger partial charge is 0.497 e. The molecular weight excluding hydrogens is 290 g/mol. The number of rotatable bonds is 3. The molecule has 0 saturated carbocycles. The highest BCUT2D eigenvalue weighted by molar-refractivity contribution is 5.51. The molecule has 0 spiro atoms. The molecule has 1 atom stereocenters. The second kappa shape index (κ2) is 5.78. The Labute approximate surface area is 136 Å². The highest BCUT2D eigenvalue weighted by Gasteiger charge is 2.28. The topological polar surface area (TPSA) is 30.9 Å². The molecule has 2 aromatic carbocycles. The average Bonchev–Trinajstić information content (AvgIpc) is 3.04. The van der Waals surface area contributed by atoms with Crippen molar-refractivity contribution in [3.8, 4) is 17.2 Å². The van der Waals surface area contributed by atoms with Crippen LogP contribution in [0.15, 0.2) is 36.4 Å². The molecule has 0 unspecified atom stereocenters. The summed E-state index contributed by atoms with van der Waals surface area (Å²) in [5, 5.41) is 0. The molecule has 0 aliphatic carbocycles. The number of hydrogen-bond acceptors (Lipinski definition) is 4. The fourth-order valence-electron chi connectivity index (χ4n) is 3.47. The van der Waals surface area contributed by atoms with Crippen LogP contribution in [0.4, 0.5) is 0 Å². The van der Waals surface area contributed by atoms with E-state index in [1.54, 1.807) is 7.11 Å². The van der Waals surface area contributed by atoms with E-state index in [9.17, 15) is 0 Å². The van der Waals surface area contributed by atoms with Crippen molar-refractivity contribution in [3.05, 3.63) is 53.1 Å². The maximum atomic E-state index is 5.57. The lowest BCUT2D eigenvalue weighted by Gasteiger charge is -2.35. The Kier molecular flexibility index (Phi) is 3.62. The Hall–Kier alpha value is -2.20. The third-order valence-electron chi connectivity index (χ3n) is 4.85. The van der Waals surface area contributed by atoms with Crippen LogP contribution in [0, 0.1) is 0 Å². The van der Waals surface area contributed by atoms with Crippen molar-refractivity contribution < 1.29 is 14.2 Å². The lowest BCUT2D eigenvalue weighted by Crippen LogP contribution is -2.33. The van der Waals surface area contributed by atoms with E-state index >= 15 is 0 Å². The van der Waals surface area contributed by atoms with Crippen LogP contribution >= 0.6 is 0 Å². The molecule has 0 amide bonds. The molecule has 4 nitrogen and oxygen atoms in total. The lowest BCUT2D eigenvalue weighted by molar-refractivity contribution is 0.174. The van der Waals surface area contributed by atoms with E-state index in [0.717, 1.165) is 36.6 Å². The SMILES string of the molecule is COc1ccc(C[C@H]2c3cc4c(cc3CCN2C)OCO4)cc1. The standard InChI is InChI=1S/C19H21NO3/c1-20-8-7-14-10-18-19(23-12-22-18)11-16(14)17(20)9-13-3-5-15(21-2)6-4-13/h3-6,10-11,17H,7-9,12H2,1-2H3/t17-/m0/s1. The van der Waals surface area contributed by atoms with Gasteiger partial charge in [0.05, 0.1) is 7.11 Å². The second-order valence-electron chi connectivity index (χ2n) is 6.20. The molecule has 0 saturated heterocycles. The summed E-state index contributed by atoms with van der Waals surface area (Å²) in [7, 11) is 3.89. The van der Waals surface area contributed by atoms with Gasteiger partial charge >= 0.3 is 0 Å². The first kappa shape index (κ1) is 14.4. The van der Waals surface area contributed by atoms with Gasteiger partial charge in [0.25, 0.3) is 0 Å². The second-order valence-corrected chi connectivity index (χ2v) is 6.20. The highest BCUT2D eigenvalue weighted by atomic mass is 16.7. The average molecular weight is 311 g/mol. The van der Waals surface area contributed by atoms with E-state index in [4.69, 9.17) is 14.2 Å². The Bertz CT molecular complexity index is 711. The van der Waals surface area contributed by atoms with Gasteiger partial charge in [-0.15, -0.1) is 0 Å². The van der Waals surface area contributed by atoms with E-state index < -0.39 is 0 Å². The molecule has 2 heterocycles. The highest BCUT2D eigenvalue weighted by Crippen LogP contribution is 2.41. The summed E-state index contributed by atoms with van der Waals surface area (Å²) in [6.07, 6.45) is 2.04. The van der Waals surface area contributed by atoms with Crippen molar-refractivity contribution in [2.24, 2.45) is 0 Å². The zero-order valence-corrected chi connectivity index (χ0v) is 13.5. The predicted molar refractivity (Wildman–Crippen MR) is 88.3 cm³/mol. The molecule has 0 fully saturated rings. The van der Waals surface area contributed by atoms with E-state index in [1.165, 1.54) is 16.7 Å². The van der Waals surface area contributed by atoms with Crippen LogP contribution in [0.2, 0.25) is 0 Å². The first-order chi connectivity index (χ1) is 11.2. The van der Waals surface area contributed by atoms with Crippen LogP contribution in [0.1, 0.15) is 22.7 Å². The summed E-state index contributed by atoms with van der Waals surface area (Å²) < 4.78 is 16.3. The fourth-order valence-corrected chi connectivity index (χ4v) is 3.47. The molecule has 120 valence electrons. The van der Waals surface area contributed by atoms with Gasteiger partial charge in [-0.3, -0.25) is 4.90 Å². The fraction of sp³-hybridized carbons (Fsp3) is 0.368. The number of likely N-dealkylation sites (N-methyl/N-ethyl adjacent to an activating group) is 1. The molecule has 23 heavy (non-hydrogen) atoms. The number of benzene rings is 2. The maximum absolute atomic E-state index is 5.57. The minimum Gasteiger partial charge on any atom is -0.497 e. The van der Waals surface area contributed by atoms with Gasteiger partial charge in [-0.05, 0) is 60.8 Å². The van der Waals surface area contributed by atoms with Crippen molar-refractivity contribution in [1.82, 2.24) is 4.90 Å². The summed E-state index contributed by atoms with van der Waals surface area (Å²) in [5.74, 6) is 2.66. The van der Waals surface area contributed by atoms with Crippen molar-refractivity contribution in [3.63, 3.8) is 0 Å². The number of fused-ring (bicyclic) bond motifs is 2. The summed E-state index contributed by atoms with van der Waals surface area (Å²) in [4.78, 5) is 2.43. The minimum atomic E-state index is 0.331. The van der Waals surface area contributed by atoms with Gasteiger partial charge in [0.2, 0.25) is 6.79 Å². The van der Waals surface area contributed by atoms with Gasteiger partial charge in [-0.25, -0.2) is 0 Å². The van der Waals surface area contributed by atoms with Crippen molar-refractivity contribution >= 4 is 0 Å². The Morgan fingerprint density at radius 1 is 1.13 bits per heavy atom. The third kappa shape index (κ3) is 2.63. The summed E-state index contributed by atoms with van der Waals surface area (Å²) in [6, 6.07) is 13.0. The predicted octanol–water partition coefficient (Wildman–Crippen LogP) is 3.20. The summed E-state index contributed by atoms with van der Waals surface area (Å²) >= 11 is 0. The van der Waals surface area contributed by atoms with Gasteiger partial charge in [0.1, 0.15) is 5.75 Å². The van der Waals surface area contributed by atoms with Gasteiger partial charge in [-0.1, -0.05) is 12.1 Å². The van der Waals surface area contributed by atoms with E-state index in [2.05, 4.69) is 36.2 Å². The first-order valence-corrected chi connectivity index (χ1v) is 8.00. The quantitative estimate of drug-likeness (QED) is 0.871. The van der Waals surface area contributed by atoms with Crippen LogP contribution in [0.3, 0.4) is 0 Å². The number of nitrogens with zero attached hydrogens (tertiary/aromatic N) is 1. The van der Waals surface area contributed by atoms with E-state index in [0.29, 0.717) is 12.8 Å². The van der Waals surface area contributed by atoms with Crippen LogP contribution in [0.25, 0.3) is 0 Å². The first-order valence-electron chi connectivity index (χ1n) is 8.00. The Morgan fingerprint density at radius 2 is 1.87 bits per heavy atom. The van der Waals surface area contributed by atoms with Crippen LogP contribution in [-0.2, 0) is 12.8 Å². The molecular formula is C19H21NO3. The Morgan fingerprint density at radius 3 is 2.61 bits per heavy atom. The monoisotopic (exact) mass is 311 g/mol. The summed E-state index contributed by atoms with van der Waals surface area (Å²) in [5.41, 5.74) is 4.05. The smallest absolute Gasteiger partial charge is 0.231 e. The van der Waals surface area contributed by atoms with Crippen molar-refractivity contribution in [2.45, 2.75) is 18.9 Å². The number of methoxy groups -OCH3 is 1. The molecule has 0 aromatic heterocycles. The van der Waals surface area contributed by atoms with Crippen LogP contribution in [-0.4, -0.2) is 32.4 Å². The number of ether oxygens (including phenoxy) is 3.